The van der Waals surface area contributed by atoms with Gasteiger partial charge in [-0.25, -0.2) is 14.6 Å². The molecule has 3 amide bonds. The highest BCUT2D eigenvalue weighted by atomic mass is 16.6. The molecule has 8 heteroatoms. The third-order valence-electron chi connectivity index (χ3n) is 5.02. The minimum atomic E-state index is -0.498. The minimum absolute atomic E-state index is 0.287. The smallest absolute Gasteiger partial charge is 0.410 e. The number of pyridine rings is 1. The van der Waals surface area contributed by atoms with Gasteiger partial charge in [-0.15, -0.1) is 0 Å². The summed E-state index contributed by atoms with van der Waals surface area (Å²) in [5.41, 5.74) is 3.94. The van der Waals surface area contributed by atoms with E-state index in [1.165, 1.54) is 5.57 Å². The Morgan fingerprint density at radius 3 is 2.44 bits per heavy atom. The molecular weight excluding hydrogens is 406 g/mol. The second-order valence-electron chi connectivity index (χ2n) is 8.67. The van der Waals surface area contributed by atoms with Crippen molar-refractivity contribution in [3.05, 3.63) is 66.6 Å². The van der Waals surface area contributed by atoms with E-state index in [-0.39, 0.29) is 12.1 Å². The summed E-state index contributed by atoms with van der Waals surface area (Å²) in [5, 5.41) is 5.66. The van der Waals surface area contributed by atoms with Crippen LogP contribution in [-0.2, 0) is 4.74 Å². The molecule has 0 spiro atoms. The highest BCUT2D eigenvalue weighted by molar-refractivity contribution is 5.99. The number of hydrogen-bond donors (Lipinski definition) is 2. The largest absolute Gasteiger partial charge is 0.444 e. The van der Waals surface area contributed by atoms with Crippen molar-refractivity contribution in [2.45, 2.75) is 32.8 Å². The highest BCUT2D eigenvalue weighted by Crippen LogP contribution is 2.25. The summed E-state index contributed by atoms with van der Waals surface area (Å²) in [6.45, 7) is 6.73. The van der Waals surface area contributed by atoms with Crippen LogP contribution in [-0.4, -0.2) is 45.1 Å². The number of fused-ring (bicyclic) bond motifs is 1. The standard InChI is InChI=1S/C24H27N5O3/c1-24(2,3)32-23(31)28-13-10-18(11-14-28)17-4-6-19(7-5-17)26-22(30)27-20-8-9-21-25-12-15-29(21)16-20/h4-10,12,15-16H,11,13-14H2,1-3H3,(H2,26,27,30). The van der Waals surface area contributed by atoms with Crippen LogP contribution in [0.25, 0.3) is 11.2 Å². The summed E-state index contributed by atoms with van der Waals surface area (Å²) in [6.07, 6.45) is 7.85. The highest BCUT2D eigenvalue weighted by Gasteiger charge is 2.23. The zero-order valence-corrected chi connectivity index (χ0v) is 18.5. The summed E-state index contributed by atoms with van der Waals surface area (Å²) in [7, 11) is 0. The van der Waals surface area contributed by atoms with Gasteiger partial charge in [0.25, 0.3) is 0 Å². The van der Waals surface area contributed by atoms with Gasteiger partial charge in [0.15, 0.2) is 0 Å². The topological polar surface area (TPSA) is 88.0 Å². The van der Waals surface area contributed by atoms with E-state index in [1.807, 2.05) is 61.7 Å². The van der Waals surface area contributed by atoms with Gasteiger partial charge < -0.3 is 24.7 Å². The summed E-state index contributed by atoms with van der Waals surface area (Å²) < 4.78 is 7.28. The van der Waals surface area contributed by atoms with Crippen molar-refractivity contribution in [3.8, 4) is 0 Å². The predicted molar refractivity (Wildman–Crippen MR) is 125 cm³/mol. The van der Waals surface area contributed by atoms with Crippen molar-refractivity contribution in [2.75, 3.05) is 23.7 Å². The first-order chi connectivity index (χ1) is 15.3. The van der Waals surface area contributed by atoms with Gasteiger partial charge in [0.2, 0.25) is 0 Å². The molecule has 2 aromatic heterocycles. The molecule has 0 atom stereocenters. The molecule has 3 aromatic rings. The third kappa shape index (κ3) is 5.26. The molecule has 0 unspecified atom stereocenters. The van der Waals surface area contributed by atoms with Gasteiger partial charge >= 0.3 is 12.1 Å². The van der Waals surface area contributed by atoms with Crippen molar-refractivity contribution in [2.24, 2.45) is 0 Å². The fourth-order valence-corrected chi connectivity index (χ4v) is 3.48. The van der Waals surface area contributed by atoms with E-state index in [0.29, 0.717) is 24.5 Å². The molecule has 0 radical (unpaired) electrons. The Bertz CT molecular complexity index is 1160. The number of hydrogen-bond acceptors (Lipinski definition) is 4. The lowest BCUT2D eigenvalue weighted by atomic mass is 9.99. The summed E-state index contributed by atoms with van der Waals surface area (Å²) >= 11 is 0. The Morgan fingerprint density at radius 1 is 1.03 bits per heavy atom. The number of urea groups is 1. The van der Waals surface area contributed by atoms with Gasteiger partial charge in [0.1, 0.15) is 11.2 Å². The van der Waals surface area contributed by atoms with Gasteiger partial charge in [-0.2, -0.15) is 0 Å². The Labute approximate surface area is 186 Å². The van der Waals surface area contributed by atoms with Crippen LogP contribution in [0, 0.1) is 0 Å². The number of anilines is 2. The number of nitrogens with zero attached hydrogens (tertiary/aromatic N) is 3. The molecule has 1 aliphatic heterocycles. The first kappa shape index (κ1) is 21.4. The third-order valence-corrected chi connectivity index (χ3v) is 5.02. The normalized spacial score (nSPS) is 14.1. The molecule has 0 aliphatic carbocycles. The van der Waals surface area contributed by atoms with Gasteiger partial charge in [-0.1, -0.05) is 18.2 Å². The number of rotatable bonds is 3. The molecule has 0 saturated carbocycles. The maximum atomic E-state index is 12.3. The fraction of sp³-hybridized carbons (Fsp3) is 0.292. The molecule has 0 fully saturated rings. The lowest BCUT2D eigenvalue weighted by Gasteiger charge is -2.29. The lowest BCUT2D eigenvalue weighted by Crippen LogP contribution is -2.39. The van der Waals surface area contributed by atoms with Crippen LogP contribution in [0.5, 0.6) is 0 Å². The zero-order valence-electron chi connectivity index (χ0n) is 18.5. The van der Waals surface area contributed by atoms with E-state index in [2.05, 4.69) is 21.7 Å². The van der Waals surface area contributed by atoms with Crippen LogP contribution in [0.3, 0.4) is 0 Å². The van der Waals surface area contributed by atoms with E-state index in [0.717, 1.165) is 17.6 Å². The van der Waals surface area contributed by atoms with Gasteiger partial charge in [-0.05, 0) is 62.6 Å². The molecule has 1 aliphatic rings. The average Bonchev–Trinajstić information content (AvgIpc) is 3.21. The van der Waals surface area contributed by atoms with Gasteiger partial charge in [0, 0.05) is 37.4 Å². The van der Waals surface area contributed by atoms with Gasteiger partial charge in [-0.3, -0.25) is 0 Å². The number of imidazole rings is 1. The predicted octanol–water partition coefficient (Wildman–Crippen LogP) is 5.00. The molecule has 8 nitrogen and oxygen atoms in total. The van der Waals surface area contributed by atoms with Crippen LogP contribution in [0.1, 0.15) is 32.8 Å². The number of ether oxygens (including phenoxy) is 1. The number of benzene rings is 1. The number of aromatic nitrogens is 2. The molecule has 2 N–H and O–H groups in total. The molecule has 3 heterocycles. The van der Waals surface area contributed by atoms with E-state index in [9.17, 15) is 9.59 Å². The molecule has 0 saturated heterocycles. The van der Waals surface area contributed by atoms with Crippen LogP contribution < -0.4 is 10.6 Å². The second-order valence-corrected chi connectivity index (χ2v) is 8.67. The monoisotopic (exact) mass is 433 g/mol. The molecule has 32 heavy (non-hydrogen) atoms. The van der Waals surface area contributed by atoms with E-state index < -0.39 is 5.60 Å². The zero-order chi connectivity index (χ0) is 22.7. The molecular formula is C24H27N5O3. The van der Waals surface area contributed by atoms with E-state index in [4.69, 9.17) is 4.74 Å². The summed E-state index contributed by atoms with van der Waals surface area (Å²) in [5.74, 6) is 0. The lowest BCUT2D eigenvalue weighted by molar-refractivity contribution is 0.0270. The van der Waals surface area contributed by atoms with Crippen molar-refractivity contribution in [1.29, 1.82) is 0 Å². The fourth-order valence-electron chi connectivity index (χ4n) is 3.48. The second kappa shape index (κ2) is 8.74. The summed E-state index contributed by atoms with van der Waals surface area (Å²) in [6, 6.07) is 11.0. The van der Waals surface area contributed by atoms with E-state index in [1.54, 1.807) is 23.4 Å². The molecule has 4 rings (SSSR count). The molecule has 1 aromatic carbocycles. The maximum absolute atomic E-state index is 12.3. The maximum Gasteiger partial charge on any atom is 0.410 e. The first-order valence-corrected chi connectivity index (χ1v) is 10.5. The van der Waals surface area contributed by atoms with Crippen molar-refractivity contribution >= 4 is 34.7 Å². The van der Waals surface area contributed by atoms with Crippen LogP contribution in [0.15, 0.2) is 61.1 Å². The summed E-state index contributed by atoms with van der Waals surface area (Å²) in [4.78, 5) is 30.4. The number of carbonyl (C=O) groups excluding carboxylic acids is 2. The van der Waals surface area contributed by atoms with E-state index >= 15 is 0 Å². The Morgan fingerprint density at radius 2 is 1.75 bits per heavy atom. The SMILES string of the molecule is CC(C)(C)OC(=O)N1CC=C(c2ccc(NC(=O)Nc3ccc4nccn4c3)cc2)CC1. The average molecular weight is 434 g/mol. The van der Waals surface area contributed by atoms with Gasteiger partial charge in [0.05, 0.1) is 5.69 Å². The van der Waals surface area contributed by atoms with Crippen molar-refractivity contribution < 1.29 is 14.3 Å². The minimum Gasteiger partial charge on any atom is -0.444 e. The quantitative estimate of drug-likeness (QED) is 0.608. The Balaban J connectivity index is 1.33. The van der Waals surface area contributed by atoms with Crippen LogP contribution in [0.2, 0.25) is 0 Å². The van der Waals surface area contributed by atoms with Crippen LogP contribution in [0.4, 0.5) is 21.0 Å². The molecule has 166 valence electrons. The van der Waals surface area contributed by atoms with Crippen LogP contribution >= 0.6 is 0 Å². The number of carbonyl (C=O) groups is 2. The first-order valence-electron chi connectivity index (χ1n) is 10.5. The molecule has 0 bridgehead atoms. The number of amides is 3. The number of nitrogens with one attached hydrogen (secondary N) is 2. The Kier molecular flexibility index (Phi) is 5.85. The Hall–Kier alpha value is -3.81. The van der Waals surface area contributed by atoms with Crippen molar-refractivity contribution in [3.63, 3.8) is 0 Å². The van der Waals surface area contributed by atoms with Crippen molar-refractivity contribution in [1.82, 2.24) is 14.3 Å².